The second-order valence-electron chi connectivity index (χ2n) is 7.49. The van der Waals surface area contributed by atoms with E-state index in [1.165, 1.54) is 0 Å². The van der Waals surface area contributed by atoms with Crippen molar-refractivity contribution in [1.29, 1.82) is 0 Å². The van der Waals surface area contributed by atoms with Gasteiger partial charge in [0.25, 0.3) is 5.91 Å². The maximum Gasteiger partial charge on any atom is 0.273 e. The summed E-state index contributed by atoms with van der Waals surface area (Å²) >= 11 is 5.93. The van der Waals surface area contributed by atoms with Crippen LogP contribution in [0.4, 0.5) is 5.82 Å². The van der Waals surface area contributed by atoms with Crippen molar-refractivity contribution in [2.75, 3.05) is 11.9 Å². The molecule has 0 radical (unpaired) electrons. The summed E-state index contributed by atoms with van der Waals surface area (Å²) in [7, 11) is 0. The van der Waals surface area contributed by atoms with Crippen LogP contribution in [0.1, 0.15) is 35.8 Å². The highest BCUT2D eigenvalue weighted by Crippen LogP contribution is 2.27. The Balaban J connectivity index is 1.58. The quantitative estimate of drug-likeness (QED) is 0.663. The number of hydrogen-bond donors (Lipinski definition) is 2. The summed E-state index contributed by atoms with van der Waals surface area (Å²) in [5.74, 6) is 0.721. The van der Waals surface area contributed by atoms with E-state index in [4.69, 9.17) is 11.6 Å². The maximum atomic E-state index is 13.5. The number of H-pyrrole nitrogens is 1. The average Bonchev–Trinajstić information content (AvgIpc) is 3.25. The van der Waals surface area contributed by atoms with Gasteiger partial charge < -0.3 is 15.2 Å². The van der Waals surface area contributed by atoms with E-state index < -0.39 is 0 Å². The normalized spacial score (nSPS) is 19.2. The van der Waals surface area contributed by atoms with Gasteiger partial charge in [-0.1, -0.05) is 11.6 Å². The number of carbonyl (C=O) groups excluding carboxylic acids is 1. The molecule has 1 amide bonds. The van der Waals surface area contributed by atoms with E-state index in [0.717, 1.165) is 35.5 Å². The molecule has 7 heteroatoms. The number of nitrogens with zero attached hydrogens (tertiary/aromatic N) is 3. The van der Waals surface area contributed by atoms with Crippen LogP contribution in [0, 0.1) is 6.92 Å². The van der Waals surface area contributed by atoms with Crippen LogP contribution >= 0.6 is 11.6 Å². The molecule has 0 aromatic carbocycles. The highest BCUT2D eigenvalue weighted by atomic mass is 35.5. The summed E-state index contributed by atoms with van der Waals surface area (Å²) in [5, 5.41) is 4.06. The largest absolute Gasteiger partial charge is 0.365 e. The van der Waals surface area contributed by atoms with E-state index in [1.54, 1.807) is 12.4 Å². The molecule has 29 heavy (non-hydrogen) atoms. The Morgan fingerprint density at radius 1 is 1.28 bits per heavy atom. The van der Waals surface area contributed by atoms with Crippen molar-refractivity contribution in [2.24, 2.45) is 0 Å². The van der Waals surface area contributed by atoms with E-state index in [9.17, 15) is 4.79 Å². The second kappa shape index (κ2) is 8.25. The van der Waals surface area contributed by atoms with Crippen LogP contribution in [0.5, 0.6) is 0 Å². The smallest absolute Gasteiger partial charge is 0.273 e. The summed E-state index contributed by atoms with van der Waals surface area (Å²) < 4.78 is 0. The van der Waals surface area contributed by atoms with Crippen molar-refractivity contribution in [3.05, 3.63) is 65.2 Å². The van der Waals surface area contributed by atoms with E-state index in [1.807, 2.05) is 48.4 Å². The SMILES string of the molecule is Cc1cnc(C(=O)N2CCC[C@@H](Nc3ccc(Cl)cn3)[C@@H]2C)c(-c2ccc[nH]2)c1. The molecule has 4 heterocycles. The Kier molecular flexibility index (Phi) is 5.53. The van der Waals surface area contributed by atoms with E-state index in [0.29, 0.717) is 17.3 Å². The fourth-order valence-electron chi connectivity index (χ4n) is 3.85. The van der Waals surface area contributed by atoms with Gasteiger partial charge in [0.2, 0.25) is 0 Å². The van der Waals surface area contributed by atoms with Crippen molar-refractivity contribution < 1.29 is 4.79 Å². The molecule has 150 valence electrons. The highest BCUT2D eigenvalue weighted by molar-refractivity contribution is 6.30. The molecule has 1 fully saturated rings. The molecule has 2 N–H and O–H groups in total. The molecule has 0 saturated carbocycles. The van der Waals surface area contributed by atoms with Gasteiger partial charge in [0.15, 0.2) is 0 Å². The molecule has 0 unspecified atom stereocenters. The molecular weight excluding hydrogens is 386 g/mol. The Morgan fingerprint density at radius 3 is 2.86 bits per heavy atom. The minimum atomic E-state index is -0.0438. The summed E-state index contributed by atoms with van der Waals surface area (Å²) in [4.78, 5) is 27.4. The molecule has 1 saturated heterocycles. The Hall–Kier alpha value is -2.86. The summed E-state index contributed by atoms with van der Waals surface area (Å²) in [6, 6.07) is 9.69. The molecule has 4 rings (SSSR count). The first kappa shape index (κ1) is 19.5. The summed E-state index contributed by atoms with van der Waals surface area (Å²) in [6.45, 7) is 4.77. The van der Waals surface area contributed by atoms with Crippen molar-refractivity contribution in [3.8, 4) is 11.3 Å². The van der Waals surface area contributed by atoms with Gasteiger partial charge in [-0.2, -0.15) is 0 Å². The Bertz CT molecular complexity index is 987. The number of nitrogens with one attached hydrogen (secondary N) is 2. The fraction of sp³-hybridized carbons (Fsp3) is 0.318. The third-order valence-corrected chi connectivity index (χ3v) is 5.65. The van der Waals surface area contributed by atoms with Crippen molar-refractivity contribution in [2.45, 2.75) is 38.8 Å². The number of pyridine rings is 2. The lowest BCUT2D eigenvalue weighted by Crippen LogP contribution is -2.52. The molecule has 0 aliphatic carbocycles. The number of amides is 1. The zero-order valence-electron chi connectivity index (χ0n) is 16.5. The lowest BCUT2D eigenvalue weighted by molar-refractivity contribution is 0.0611. The standard InChI is InChI=1S/C22H24ClN5O/c1-14-11-17(19-5-3-9-24-19)21(26-12-14)22(29)28-10-4-6-18(15(28)2)27-20-8-7-16(23)13-25-20/h3,5,7-9,11-13,15,18,24H,4,6,10H2,1-2H3,(H,25,27)/t15-,18+/m0/s1. The van der Waals surface area contributed by atoms with Gasteiger partial charge in [-0.05, 0) is 62.6 Å². The molecule has 0 spiro atoms. The molecule has 1 aliphatic heterocycles. The molecule has 3 aromatic rings. The Morgan fingerprint density at radius 2 is 2.14 bits per heavy atom. The van der Waals surface area contributed by atoms with Gasteiger partial charge >= 0.3 is 0 Å². The minimum absolute atomic E-state index is 0.00771. The number of aromatic amines is 1. The van der Waals surface area contributed by atoms with Crippen LogP contribution in [0.3, 0.4) is 0 Å². The first-order valence-corrected chi connectivity index (χ1v) is 10.2. The average molecular weight is 410 g/mol. The van der Waals surface area contributed by atoms with Crippen LogP contribution in [0.2, 0.25) is 5.02 Å². The first-order chi connectivity index (χ1) is 14.0. The minimum Gasteiger partial charge on any atom is -0.365 e. The monoisotopic (exact) mass is 409 g/mol. The van der Waals surface area contributed by atoms with Crippen LogP contribution in [-0.2, 0) is 0 Å². The van der Waals surface area contributed by atoms with Crippen LogP contribution in [-0.4, -0.2) is 44.4 Å². The predicted molar refractivity (Wildman–Crippen MR) is 115 cm³/mol. The number of carbonyl (C=O) groups is 1. The van der Waals surface area contributed by atoms with Gasteiger partial charge in [0, 0.05) is 48.5 Å². The lowest BCUT2D eigenvalue weighted by Gasteiger charge is -2.40. The van der Waals surface area contributed by atoms with Crippen LogP contribution in [0.25, 0.3) is 11.3 Å². The number of hydrogen-bond acceptors (Lipinski definition) is 4. The van der Waals surface area contributed by atoms with Gasteiger partial charge in [-0.25, -0.2) is 4.98 Å². The molecular formula is C22H24ClN5O. The van der Waals surface area contributed by atoms with Crippen molar-refractivity contribution in [3.63, 3.8) is 0 Å². The van der Waals surface area contributed by atoms with Gasteiger partial charge in [0.05, 0.1) is 5.02 Å². The molecule has 6 nitrogen and oxygen atoms in total. The molecule has 3 aromatic heterocycles. The van der Waals surface area contributed by atoms with Crippen molar-refractivity contribution in [1.82, 2.24) is 19.9 Å². The van der Waals surface area contributed by atoms with Gasteiger partial charge in [0.1, 0.15) is 11.5 Å². The van der Waals surface area contributed by atoms with Crippen LogP contribution in [0.15, 0.2) is 48.9 Å². The van der Waals surface area contributed by atoms with Crippen molar-refractivity contribution >= 4 is 23.3 Å². The number of aryl methyl sites for hydroxylation is 1. The Labute approximate surface area is 175 Å². The third-order valence-electron chi connectivity index (χ3n) is 5.42. The van der Waals surface area contributed by atoms with E-state index in [2.05, 4.69) is 27.2 Å². The summed E-state index contributed by atoms with van der Waals surface area (Å²) in [5.41, 5.74) is 3.23. The molecule has 2 atom stereocenters. The first-order valence-electron chi connectivity index (χ1n) is 9.82. The highest BCUT2D eigenvalue weighted by Gasteiger charge is 2.33. The summed E-state index contributed by atoms with van der Waals surface area (Å²) in [6.07, 6.45) is 7.13. The molecule has 0 bridgehead atoms. The third kappa shape index (κ3) is 4.12. The maximum absolute atomic E-state index is 13.5. The topological polar surface area (TPSA) is 73.9 Å². The second-order valence-corrected chi connectivity index (χ2v) is 7.92. The number of rotatable bonds is 4. The number of piperidine rings is 1. The number of likely N-dealkylation sites (tertiary alicyclic amines) is 1. The van der Waals surface area contributed by atoms with E-state index >= 15 is 0 Å². The van der Waals surface area contributed by atoms with E-state index in [-0.39, 0.29) is 18.0 Å². The lowest BCUT2D eigenvalue weighted by atomic mass is 9.96. The fourth-order valence-corrected chi connectivity index (χ4v) is 3.96. The van der Waals surface area contributed by atoms with Gasteiger partial charge in [-0.15, -0.1) is 0 Å². The molecule has 1 aliphatic rings. The van der Waals surface area contributed by atoms with Crippen LogP contribution < -0.4 is 5.32 Å². The number of anilines is 1. The number of aromatic nitrogens is 3. The number of halogens is 1. The van der Waals surface area contributed by atoms with Gasteiger partial charge in [-0.3, -0.25) is 9.78 Å². The zero-order chi connectivity index (χ0) is 20.4. The predicted octanol–water partition coefficient (Wildman–Crippen LogP) is 4.54. The zero-order valence-corrected chi connectivity index (χ0v) is 17.3.